The van der Waals surface area contributed by atoms with Gasteiger partial charge in [0.15, 0.2) is 6.61 Å². The molecule has 1 saturated carbocycles. The van der Waals surface area contributed by atoms with E-state index >= 15 is 0 Å². The third-order valence-electron chi connectivity index (χ3n) is 6.98. The van der Waals surface area contributed by atoms with Gasteiger partial charge in [0.05, 0.1) is 0 Å². The van der Waals surface area contributed by atoms with Crippen molar-refractivity contribution < 1.29 is 14.3 Å². The van der Waals surface area contributed by atoms with Crippen LogP contribution in [0.5, 0.6) is 5.75 Å². The SMILES string of the molecule is Cc1cc(OCC(=O)N(Cc2ccc(Br)cc2)C(Cc2ccccc2)C(=O)NC2CCCCC2)ccc1Cl. The molecule has 7 heteroatoms. The van der Waals surface area contributed by atoms with Gasteiger partial charge in [0.25, 0.3) is 5.91 Å². The van der Waals surface area contributed by atoms with Crippen molar-refractivity contribution in [3.63, 3.8) is 0 Å². The minimum absolute atomic E-state index is 0.117. The lowest BCUT2D eigenvalue weighted by molar-refractivity contribution is -0.143. The molecule has 1 atom stereocenters. The molecule has 200 valence electrons. The van der Waals surface area contributed by atoms with Crippen LogP contribution < -0.4 is 10.1 Å². The Morgan fingerprint density at radius 3 is 2.39 bits per heavy atom. The molecule has 38 heavy (non-hydrogen) atoms. The minimum Gasteiger partial charge on any atom is -0.484 e. The van der Waals surface area contributed by atoms with Crippen molar-refractivity contribution in [1.29, 1.82) is 0 Å². The van der Waals surface area contributed by atoms with E-state index in [-0.39, 0.29) is 24.5 Å². The Morgan fingerprint density at radius 1 is 1.00 bits per heavy atom. The molecule has 1 aliphatic carbocycles. The second kappa shape index (κ2) is 13.8. The van der Waals surface area contributed by atoms with Crippen LogP contribution in [0.15, 0.2) is 77.3 Å². The van der Waals surface area contributed by atoms with Gasteiger partial charge < -0.3 is 15.0 Å². The summed E-state index contributed by atoms with van der Waals surface area (Å²) < 4.78 is 6.84. The first-order chi connectivity index (χ1) is 18.4. The number of hydrogen-bond donors (Lipinski definition) is 1. The Kier molecular flexibility index (Phi) is 10.2. The summed E-state index contributed by atoms with van der Waals surface area (Å²) in [6.07, 6.45) is 5.80. The van der Waals surface area contributed by atoms with Gasteiger partial charge >= 0.3 is 0 Å². The third kappa shape index (κ3) is 8.08. The van der Waals surface area contributed by atoms with Crippen LogP contribution >= 0.6 is 27.5 Å². The topological polar surface area (TPSA) is 58.6 Å². The number of ether oxygens (including phenoxy) is 1. The standard InChI is InChI=1S/C31H34BrClN2O3/c1-22-18-27(16-17-28(22)33)38-21-30(36)35(20-24-12-14-25(32)15-13-24)29(19-23-8-4-2-5-9-23)31(37)34-26-10-6-3-7-11-26/h2,4-5,8-9,12-18,26,29H,3,6-7,10-11,19-21H2,1H3,(H,34,37). The predicted molar refractivity (Wildman–Crippen MR) is 155 cm³/mol. The highest BCUT2D eigenvalue weighted by molar-refractivity contribution is 9.10. The predicted octanol–water partition coefficient (Wildman–Crippen LogP) is 6.88. The lowest BCUT2D eigenvalue weighted by Crippen LogP contribution is -2.53. The summed E-state index contributed by atoms with van der Waals surface area (Å²) in [6, 6.07) is 22.5. The fourth-order valence-electron chi connectivity index (χ4n) is 4.82. The van der Waals surface area contributed by atoms with E-state index in [1.54, 1.807) is 17.0 Å². The molecule has 3 aromatic carbocycles. The number of benzene rings is 3. The molecule has 0 saturated heterocycles. The first-order valence-electron chi connectivity index (χ1n) is 13.2. The maximum absolute atomic E-state index is 13.8. The van der Waals surface area contributed by atoms with E-state index in [9.17, 15) is 9.59 Å². The van der Waals surface area contributed by atoms with Crippen LogP contribution in [-0.2, 0) is 22.6 Å². The highest BCUT2D eigenvalue weighted by Gasteiger charge is 2.32. The highest BCUT2D eigenvalue weighted by Crippen LogP contribution is 2.23. The van der Waals surface area contributed by atoms with Crippen molar-refractivity contribution in [3.8, 4) is 5.75 Å². The van der Waals surface area contributed by atoms with Crippen molar-refractivity contribution in [2.75, 3.05) is 6.61 Å². The number of rotatable bonds is 10. The number of nitrogens with one attached hydrogen (secondary N) is 1. The minimum atomic E-state index is -0.675. The molecule has 1 unspecified atom stereocenters. The second-order valence-corrected chi connectivity index (χ2v) is 11.2. The number of carbonyl (C=O) groups excluding carboxylic acids is 2. The van der Waals surface area contributed by atoms with Gasteiger partial charge in [0, 0.05) is 28.5 Å². The quantitative estimate of drug-likeness (QED) is 0.277. The van der Waals surface area contributed by atoms with Gasteiger partial charge in [-0.15, -0.1) is 0 Å². The van der Waals surface area contributed by atoms with Gasteiger partial charge in [0.1, 0.15) is 11.8 Å². The number of nitrogens with zero attached hydrogens (tertiary/aromatic N) is 1. The van der Waals surface area contributed by atoms with Crippen LogP contribution in [0.2, 0.25) is 5.02 Å². The van der Waals surface area contributed by atoms with Gasteiger partial charge in [-0.3, -0.25) is 9.59 Å². The Labute approximate surface area is 238 Å². The number of aryl methyl sites for hydroxylation is 1. The molecule has 1 aliphatic rings. The van der Waals surface area contributed by atoms with Crippen molar-refractivity contribution >= 4 is 39.3 Å². The average Bonchev–Trinajstić information content (AvgIpc) is 2.93. The molecule has 0 radical (unpaired) electrons. The maximum Gasteiger partial charge on any atom is 0.261 e. The highest BCUT2D eigenvalue weighted by atomic mass is 79.9. The van der Waals surface area contributed by atoms with E-state index in [0.29, 0.717) is 23.7 Å². The van der Waals surface area contributed by atoms with E-state index in [1.807, 2.05) is 67.6 Å². The molecule has 2 amide bonds. The first-order valence-corrected chi connectivity index (χ1v) is 14.3. The smallest absolute Gasteiger partial charge is 0.261 e. The Hall–Kier alpha value is -2.83. The van der Waals surface area contributed by atoms with Crippen LogP contribution in [0.1, 0.15) is 48.8 Å². The van der Waals surface area contributed by atoms with Crippen LogP contribution in [0.3, 0.4) is 0 Å². The summed E-state index contributed by atoms with van der Waals surface area (Å²) in [5.74, 6) is 0.198. The van der Waals surface area contributed by atoms with Crippen LogP contribution in [0, 0.1) is 6.92 Å². The van der Waals surface area contributed by atoms with Crippen molar-refractivity contribution in [3.05, 3.63) is 99.0 Å². The van der Waals surface area contributed by atoms with Crippen molar-refractivity contribution in [2.45, 2.75) is 64.1 Å². The largest absolute Gasteiger partial charge is 0.484 e. The summed E-state index contributed by atoms with van der Waals surface area (Å²) in [5.41, 5.74) is 2.81. The van der Waals surface area contributed by atoms with E-state index in [1.165, 1.54) is 6.42 Å². The molecule has 0 spiro atoms. The van der Waals surface area contributed by atoms with Gasteiger partial charge in [-0.25, -0.2) is 0 Å². The molecular formula is C31H34BrClN2O3. The zero-order valence-corrected chi connectivity index (χ0v) is 24.0. The van der Waals surface area contributed by atoms with Crippen LogP contribution in [-0.4, -0.2) is 35.4 Å². The molecule has 0 aromatic heterocycles. The number of carbonyl (C=O) groups is 2. The van der Waals surface area contributed by atoms with Gasteiger partial charge in [-0.2, -0.15) is 0 Å². The molecule has 0 aliphatic heterocycles. The lowest BCUT2D eigenvalue weighted by atomic mass is 9.94. The molecular weight excluding hydrogens is 564 g/mol. The normalized spacial score (nSPS) is 14.5. The number of amides is 2. The van der Waals surface area contributed by atoms with Crippen molar-refractivity contribution in [1.82, 2.24) is 10.2 Å². The summed E-state index contributed by atoms with van der Waals surface area (Å²) in [7, 11) is 0. The van der Waals surface area contributed by atoms with E-state index in [2.05, 4.69) is 21.2 Å². The third-order valence-corrected chi connectivity index (χ3v) is 7.93. The van der Waals surface area contributed by atoms with Crippen molar-refractivity contribution in [2.24, 2.45) is 0 Å². The molecule has 5 nitrogen and oxygen atoms in total. The monoisotopic (exact) mass is 596 g/mol. The second-order valence-electron chi connectivity index (χ2n) is 9.90. The Bertz CT molecular complexity index is 1210. The molecule has 1 fully saturated rings. The van der Waals surface area contributed by atoms with Crippen LogP contribution in [0.4, 0.5) is 0 Å². The fourth-order valence-corrected chi connectivity index (χ4v) is 5.20. The zero-order chi connectivity index (χ0) is 26.9. The molecule has 3 aromatic rings. The molecule has 4 rings (SSSR count). The summed E-state index contributed by atoms with van der Waals surface area (Å²) in [6.45, 7) is 2.01. The number of halogens is 2. The zero-order valence-electron chi connectivity index (χ0n) is 21.7. The molecule has 0 heterocycles. The maximum atomic E-state index is 13.8. The summed E-state index contributed by atoms with van der Waals surface area (Å²) in [4.78, 5) is 29.2. The Balaban J connectivity index is 1.60. The average molecular weight is 598 g/mol. The van der Waals surface area contributed by atoms with Gasteiger partial charge in [-0.05, 0) is 66.8 Å². The van der Waals surface area contributed by atoms with Gasteiger partial charge in [-0.1, -0.05) is 89.3 Å². The fraction of sp³-hybridized carbons (Fsp3) is 0.355. The first kappa shape index (κ1) is 28.2. The van der Waals surface area contributed by atoms with E-state index in [0.717, 1.165) is 46.8 Å². The summed E-state index contributed by atoms with van der Waals surface area (Å²) in [5, 5.41) is 3.90. The molecule has 0 bridgehead atoms. The van der Waals surface area contributed by atoms with E-state index < -0.39 is 6.04 Å². The van der Waals surface area contributed by atoms with Gasteiger partial charge in [0.2, 0.25) is 5.91 Å². The number of hydrogen-bond acceptors (Lipinski definition) is 3. The molecule has 1 N–H and O–H groups in total. The van der Waals surface area contributed by atoms with E-state index in [4.69, 9.17) is 16.3 Å². The van der Waals surface area contributed by atoms with Crippen LogP contribution in [0.25, 0.3) is 0 Å². The Morgan fingerprint density at radius 2 is 1.71 bits per heavy atom. The lowest BCUT2D eigenvalue weighted by Gasteiger charge is -2.33. The summed E-state index contributed by atoms with van der Waals surface area (Å²) >= 11 is 9.63.